The minimum absolute atomic E-state index is 0.246. The summed E-state index contributed by atoms with van der Waals surface area (Å²) in [5.74, 6) is 0.769. The second kappa shape index (κ2) is 12.0. The number of aliphatic hydroxyl groups excluding tert-OH is 2. The van der Waals surface area contributed by atoms with E-state index in [4.69, 9.17) is 4.74 Å². The van der Waals surface area contributed by atoms with Crippen LogP contribution in [0.15, 0.2) is 89.9 Å². The van der Waals surface area contributed by atoms with Crippen molar-refractivity contribution in [3.8, 4) is 0 Å². The highest BCUT2D eigenvalue weighted by Crippen LogP contribution is 2.46. The van der Waals surface area contributed by atoms with Gasteiger partial charge in [0.2, 0.25) is 5.76 Å². The highest BCUT2D eigenvalue weighted by atomic mass is 16.5. The van der Waals surface area contributed by atoms with Gasteiger partial charge in [-0.2, -0.15) is 0 Å². The molecule has 0 spiro atoms. The first-order chi connectivity index (χ1) is 17.5. The third-order valence-electron chi connectivity index (χ3n) is 6.79. The number of rotatable bonds is 11. The van der Waals surface area contributed by atoms with Gasteiger partial charge in [0, 0.05) is 37.5 Å². The van der Waals surface area contributed by atoms with E-state index in [-0.39, 0.29) is 11.7 Å². The van der Waals surface area contributed by atoms with Crippen molar-refractivity contribution in [3.05, 3.63) is 119 Å². The van der Waals surface area contributed by atoms with Crippen molar-refractivity contribution in [2.24, 2.45) is 0 Å². The Labute approximate surface area is 215 Å². The molecule has 0 saturated carbocycles. The molecule has 0 radical (unpaired) electrons. The van der Waals surface area contributed by atoms with Crippen molar-refractivity contribution in [2.75, 3.05) is 25.6 Å². The summed E-state index contributed by atoms with van der Waals surface area (Å²) in [6.45, 7) is 2.98. The second-order valence-electron chi connectivity index (χ2n) is 9.64. The van der Waals surface area contributed by atoms with Gasteiger partial charge < -0.3 is 19.8 Å². The van der Waals surface area contributed by atoms with Gasteiger partial charge in [-0.15, -0.1) is 0 Å². The average molecular weight is 484 g/mol. The second-order valence-corrected chi connectivity index (χ2v) is 9.64. The fourth-order valence-corrected chi connectivity index (χ4v) is 4.54. The molecule has 2 aromatic rings. The summed E-state index contributed by atoms with van der Waals surface area (Å²) in [5, 5.41) is 21.6. The minimum Gasteiger partial charge on any atom is -0.511 e. The van der Waals surface area contributed by atoms with E-state index in [0.717, 1.165) is 46.7 Å². The summed E-state index contributed by atoms with van der Waals surface area (Å²) in [4.78, 5) is 2.02. The summed E-state index contributed by atoms with van der Waals surface area (Å²) in [6.07, 6.45) is 16.4. The van der Waals surface area contributed by atoms with Crippen LogP contribution in [0, 0.1) is 12.8 Å². The van der Waals surface area contributed by atoms with Gasteiger partial charge >= 0.3 is 0 Å². The predicted molar refractivity (Wildman–Crippen MR) is 149 cm³/mol. The summed E-state index contributed by atoms with van der Waals surface area (Å²) in [6, 6.07) is 15.9. The molecule has 0 heterocycles. The summed E-state index contributed by atoms with van der Waals surface area (Å²) >= 11 is 0. The van der Waals surface area contributed by atoms with E-state index in [1.54, 1.807) is 0 Å². The lowest BCUT2D eigenvalue weighted by Gasteiger charge is -2.35. The number of aliphatic hydroxyl groups is 2. The van der Waals surface area contributed by atoms with Gasteiger partial charge in [0.05, 0.1) is 43.1 Å². The molecule has 2 atom stereocenters. The molecule has 0 bridgehead atoms. The minimum atomic E-state index is -0.719. The highest BCUT2D eigenvalue weighted by Gasteiger charge is 2.41. The number of nitrogens with zero attached hydrogens (tertiary/aromatic N) is 1. The number of hydrogen-bond acceptors (Lipinski definition) is 4. The first-order valence-electron chi connectivity index (χ1n) is 12.9. The lowest BCUT2D eigenvalue weighted by atomic mass is 9.73. The number of unbranched alkanes of at least 4 members (excludes halogenated alkanes) is 3. The Balaban J connectivity index is 1.31. The molecule has 0 amide bonds. The SMILES string of the molecule is CCCCCCOC1=C[CH+]C(=C[CH+]c2ccc(C3C(O)=C(c4ccc(N(C)C)cc4)C3O)cc2)C=C1. The number of ether oxygens (including phenoxy) is 1. The molecule has 0 aliphatic heterocycles. The normalized spacial score (nSPS) is 20.0. The lowest BCUT2D eigenvalue weighted by Crippen LogP contribution is -2.33. The van der Waals surface area contributed by atoms with Gasteiger partial charge in [-0.05, 0) is 41.8 Å². The van der Waals surface area contributed by atoms with Crippen molar-refractivity contribution in [2.45, 2.75) is 44.6 Å². The molecule has 4 nitrogen and oxygen atoms in total. The Kier molecular flexibility index (Phi) is 8.50. The van der Waals surface area contributed by atoms with E-state index in [9.17, 15) is 10.2 Å². The summed E-state index contributed by atoms with van der Waals surface area (Å²) < 4.78 is 5.82. The molecule has 2 N–H and O–H groups in total. The monoisotopic (exact) mass is 483 g/mol. The van der Waals surface area contributed by atoms with Crippen molar-refractivity contribution in [1.29, 1.82) is 0 Å². The molecule has 2 unspecified atom stereocenters. The van der Waals surface area contributed by atoms with Crippen LogP contribution in [0.25, 0.3) is 5.57 Å². The van der Waals surface area contributed by atoms with Crippen molar-refractivity contribution in [3.63, 3.8) is 0 Å². The fraction of sp³-hybridized carbons (Fsp3) is 0.312. The molecule has 0 saturated heterocycles. The molecule has 186 valence electrons. The van der Waals surface area contributed by atoms with Crippen molar-refractivity contribution in [1.82, 2.24) is 0 Å². The molecular weight excluding hydrogens is 446 g/mol. The third-order valence-corrected chi connectivity index (χ3v) is 6.79. The van der Waals surface area contributed by atoms with Crippen LogP contribution in [-0.2, 0) is 4.74 Å². The van der Waals surface area contributed by atoms with Gasteiger partial charge in [-0.1, -0.05) is 38.3 Å². The van der Waals surface area contributed by atoms with Crippen LogP contribution in [0.4, 0.5) is 5.69 Å². The Hall–Kier alpha value is -3.50. The average Bonchev–Trinajstić information content (AvgIpc) is 2.89. The lowest BCUT2D eigenvalue weighted by molar-refractivity contribution is 0.153. The largest absolute Gasteiger partial charge is 0.511 e. The van der Waals surface area contributed by atoms with Crippen LogP contribution in [0.3, 0.4) is 0 Å². The van der Waals surface area contributed by atoms with Gasteiger partial charge in [-0.25, -0.2) is 0 Å². The quantitative estimate of drug-likeness (QED) is 0.269. The molecule has 0 aromatic heterocycles. The molecule has 2 aromatic carbocycles. The highest BCUT2D eigenvalue weighted by molar-refractivity contribution is 5.80. The predicted octanol–water partition coefficient (Wildman–Crippen LogP) is 6.91. The van der Waals surface area contributed by atoms with E-state index in [1.165, 1.54) is 19.3 Å². The molecule has 2 aliphatic carbocycles. The van der Waals surface area contributed by atoms with Gasteiger partial charge in [0.1, 0.15) is 24.0 Å². The number of hydrogen-bond donors (Lipinski definition) is 2. The topological polar surface area (TPSA) is 52.9 Å². The molecular formula is C32H37NO3+2. The Morgan fingerprint density at radius 3 is 2.36 bits per heavy atom. The maximum Gasteiger partial charge on any atom is 0.200 e. The molecule has 4 heteroatoms. The van der Waals surface area contributed by atoms with Crippen LogP contribution in [0.5, 0.6) is 0 Å². The third kappa shape index (κ3) is 6.00. The van der Waals surface area contributed by atoms with Crippen LogP contribution in [-0.4, -0.2) is 37.0 Å². The Morgan fingerprint density at radius 2 is 1.75 bits per heavy atom. The smallest absolute Gasteiger partial charge is 0.200 e. The van der Waals surface area contributed by atoms with E-state index >= 15 is 0 Å². The van der Waals surface area contributed by atoms with Gasteiger partial charge in [-0.3, -0.25) is 0 Å². The first-order valence-corrected chi connectivity index (χ1v) is 12.9. The Bertz CT molecular complexity index is 1140. The maximum absolute atomic E-state index is 10.8. The zero-order valence-corrected chi connectivity index (χ0v) is 21.5. The zero-order chi connectivity index (χ0) is 25.5. The molecule has 4 rings (SSSR count). The molecule has 2 aliphatic rings. The van der Waals surface area contributed by atoms with Gasteiger partial charge in [0.25, 0.3) is 0 Å². The summed E-state index contributed by atoms with van der Waals surface area (Å²) in [7, 11) is 3.97. The maximum atomic E-state index is 10.8. The van der Waals surface area contributed by atoms with E-state index in [2.05, 4.69) is 31.9 Å². The van der Waals surface area contributed by atoms with Crippen LogP contribution >= 0.6 is 0 Å². The summed E-state index contributed by atoms with van der Waals surface area (Å²) in [5.41, 5.74) is 5.63. The fourth-order valence-electron chi connectivity index (χ4n) is 4.54. The van der Waals surface area contributed by atoms with Crippen molar-refractivity contribution >= 4 is 11.3 Å². The van der Waals surface area contributed by atoms with E-state index in [1.807, 2.05) is 79.7 Å². The van der Waals surface area contributed by atoms with Crippen LogP contribution in [0.2, 0.25) is 0 Å². The zero-order valence-electron chi connectivity index (χ0n) is 21.5. The number of anilines is 1. The van der Waals surface area contributed by atoms with E-state index in [0.29, 0.717) is 5.57 Å². The van der Waals surface area contributed by atoms with E-state index < -0.39 is 6.10 Å². The number of benzene rings is 2. The number of allylic oxidation sites excluding steroid dienone is 5. The molecule has 36 heavy (non-hydrogen) atoms. The van der Waals surface area contributed by atoms with Gasteiger partial charge in [0.15, 0.2) is 5.57 Å². The van der Waals surface area contributed by atoms with Crippen molar-refractivity contribution < 1.29 is 14.9 Å². The Morgan fingerprint density at radius 1 is 1.00 bits per heavy atom. The van der Waals surface area contributed by atoms with Crippen LogP contribution < -0.4 is 4.90 Å². The standard InChI is InChI=1S/C32H36NO3/c1-4-5-6-7-22-36-28-20-12-24(13-21-28)9-8-23-10-14-25(15-11-23)29-31(34)30(32(29)35)26-16-18-27(19-17-26)33(2)3/h8-21,29,31,34H,4-7,22H2,1-3H3/q+1/p+1. The van der Waals surface area contributed by atoms with Crippen LogP contribution in [0.1, 0.15) is 55.2 Å². The molecule has 0 fully saturated rings. The first kappa shape index (κ1) is 25.6.